The first kappa shape index (κ1) is 18.0. The molecule has 2 aromatic carbocycles. The van der Waals surface area contributed by atoms with E-state index in [1.165, 1.54) is 0 Å². The van der Waals surface area contributed by atoms with Crippen molar-refractivity contribution in [1.82, 2.24) is 0 Å². The molecular formula is C13H13N3O6S2. The van der Waals surface area contributed by atoms with Gasteiger partial charge >= 0.3 is 0 Å². The highest BCUT2D eigenvalue weighted by Crippen LogP contribution is 2.27. The molecule has 0 spiro atoms. The molecule has 0 aliphatic rings. The van der Waals surface area contributed by atoms with Crippen LogP contribution in [0.25, 0.3) is 0 Å². The molecule has 0 saturated carbocycles. The number of nitrogen functional groups attached to an aromatic ring is 1. The topological polar surface area (TPSA) is 159 Å². The van der Waals surface area contributed by atoms with Crippen LogP contribution in [0.15, 0.2) is 56.4 Å². The third-order valence-electron chi connectivity index (χ3n) is 2.95. The van der Waals surface area contributed by atoms with Crippen molar-refractivity contribution in [2.75, 3.05) is 5.73 Å². The maximum absolute atomic E-state index is 11.2. The standard InChI is InChI=1S/C13H13N3O6S2/c1-8-4-9(14)2-3-13(8)16-15-10-5-11(23(17,18)19)7-12(6-10)24(20,21)22/h2-7H,14H2,1H3,(H,17,18,19)(H,20,21,22)/b16-15+. The number of hydrogen-bond acceptors (Lipinski definition) is 7. The van der Waals surface area contributed by atoms with Crippen LogP contribution in [0.4, 0.5) is 17.1 Å². The van der Waals surface area contributed by atoms with Crippen LogP contribution in [0.3, 0.4) is 0 Å². The zero-order valence-corrected chi connectivity index (χ0v) is 13.9. The maximum Gasteiger partial charge on any atom is 0.294 e. The molecule has 0 atom stereocenters. The number of nitrogens with two attached hydrogens (primary N) is 1. The number of nitrogens with zero attached hydrogens (tertiary/aromatic N) is 2. The van der Waals surface area contributed by atoms with Gasteiger partial charge in [-0.05, 0) is 48.9 Å². The van der Waals surface area contributed by atoms with Crippen LogP contribution in [0.2, 0.25) is 0 Å². The summed E-state index contributed by atoms with van der Waals surface area (Å²) in [5, 5.41) is 7.63. The van der Waals surface area contributed by atoms with Crippen molar-refractivity contribution in [1.29, 1.82) is 0 Å². The zero-order valence-electron chi connectivity index (χ0n) is 12.3. The molecule has 0 saturated heterocycles. The van der Waals surface area contributed by atoms with Crippen molar-refractivity contribution in [3.8, 4) is 0 Å². The second-order valence-electron chi connectivity index (χ2n) is 4.86. The third kappa shape index (κ3) is 4.35. The van der Waals surface area contributed by atoms with E-state index in [-0.39, 0.29) is 5.69 Å². The number of aryl methyl sites for hydroxylation is 1. The lowest BCUT2D eigenvalue weighted by atomic mass is 10.2. The molecule has 0 aliphatic heterocycles. The van der Waals surface area contributed by atoms with Crippen molar-refractivity contribution in [3.63, 3.8) is 0 Å². The minimum Gasteiger partial charge on any atom is -0.399 e. The number of azo groups is 1. The molecule has 4 N–H and O–H groups in total. The average Bonchev–Trinajstić information content (AvgIpc) is 2.44. The lowest BCUT2D eigenvalue weighted by molar-refractivity contribution is 0.481. The minimum absolute atomic E-state index is 0.186. The fraction of sp³-hybridized carbons (Fsp3) is 0.0769. The lowest BCUT2D eigenvalue weighted by Crippen LogP contribution is -2.03. The Morgan fingerprint density at radius 3 is 1.88 bits per heavy atom. The Labute approximate surface area is 138 Å². The highest BCUT2D eigenvalue weighted by molar-refractivity contribution is 7.86. The summed E-state index contributed by atoms with van der Waals surface area (Å²) in [7, 11) is -9.40. The van der Waals surface area contributed by atoms with Crippen molar-refractivity contribution in [2.45, 2.75) is 16.7 Å². The summed E-state index contributed by atoms with van der Waals surface area (Å²) in [6.07, 6.45) is 0. The van der Waals surface area contributed by atoms with Gasteiger partial charge in [0.25, 0.3) is 20.2 Å². The molecule has 2 aromatic rings. The molecule has 9 nitrogen and oxygen atoms in total. The first-order valence-corrected chi connectivity index (χ1v) is 9.23. The van der Waals surface area contributed by atoms with Crippen molar-refractivity contribution >= 4 is 37.3 Å². The number of benzene rings is 2. The quantitative estimate of drug-likeness (QED) is 0.423. The lowest BCUT2D eigenvalue weighted by Gasteiger charge is -2.04. The summed E-state index contributed by atoms with van der Waals surface area (Å²) in [5.41, 5.74) is 7.06. The molecule has 11 heteroatoms. The predicted molar refractivity (Wildman–Crippen MR) is 85.8 cm³/mol. The van der Waals surface area contributed by atoms with E-state index in [1.807, 2.05) is 0 Å². The van der Waals surface area contributed by atoms with Crippen LogP contribution >= 0.6 is 0 Å². The molecule has 0 unspecified atom stereocenters. The number of anilines is 1. The number of rotatable bonds is 4. The van der Waals surface area contributed by atoms with E-state index in [0.29, 0.717) is 23.0 Å². The van der Waals surface area contributed by atoms with Gasteiger partial charge in [-0.2, -0.15) is 27.1 Å². The van der Waals surface area contributed by atoms with Crippen molar-refractivity contribution in [2.24, 2.45) is 10.2 Å². The molecule has 0 amide bonds. The first-order chi connectivity index (χ1) is 11.0. The molecule has 2 rings (SSSR count). The Kier molecular flexibility index (Phi) is 4.71. The molecule has 0 bridgehead atoms. The number of hydrogen-bond donors (Lipinski definition) is 3. The Balaban J connectivity index is 2.55. The van der Waals surface area contributed by atoms with Gasteiger partial charge in [0.15, 0.2) is 0 Å². The fourth-order valence-corrected chi connectivity index (χ4v) is 2.98. The Bertz CT molecular complexity index is 979. The molecule has 24 heavy (non-hydrogen) atoms. The van der Waals surface area contributed by atoms with E-state index < -0.39 is 30.0 Å². The van der Waals surface area contributed by atoms with E-state index in [0.717, 1.165) is 12.1 Å². The summed E-state index contributed by atoms with van der Waals surface area (Å²) >= 11 is 0. The molecule has 0 aromatic heterocycles. The van der Waals surface area contributed by atoms with Gasteiger partial charge in [0.2, 0.25) is 0 Å². The Morgan fingerprint density at radius 1 is 0.875 bits per heavy atom. The van der Waals surface area contributed by atoms with Gasteiger partial charge in [-0.1, -0.05) is 0 Å². The van der Waals surface area contributed by atoms with Crippen LogP contribution in [0.5, 0.6) is 0 Å². The summed E-state index contributed by atoms with van der Waals surface area (Å²) in [6.45, 7) is 1.73. The predicted octanol–water partition coefficient (Wildman–Crippen LogP) is 2.49. The largest absolute Gasteiger partial charge is 0.399 e. The molecule has 128 valence electrons. The van der Waals surface area contributed by atoms with Gasteiger partial charge < -0.3 is 5.73 Å². The van der Waals surface area contributed by atoms with E-state index in [9.17, 15) is 16.8 Å². The average molecular weight is 371 g/mol. The summed E-state index contributed by atoms with van der Waals surface area (Å²) < 4.78 is 63.0. The summed E-state index contributed by atoms with van der Waals surface area (Å²) in [6, 6.07) is 7.25. The SMILES string of the molecule is Cc1cc(N)ccc1/N=N/c1cc(S(=O)(=O)O)cc(S(=O)(=O)O)c1. The minimum atomic E-state index is -4.70. The van der Waals surface area contributed by atoms with Crippen molar-refractivity contribution in [3.05, 3.63) is 42.0 Å². The highest BCUT2D eigenvalue weighted by atomic mass is 32.2. The maximum atomic E-state index is 11.2. The molecular weight excluding hydrogens is 358 g/mol. The van der Waals surface area contributed by atoms with Gasteiger partial charge in [0.1, 0.15) is 0 Å². The van der Waals surface area contributed by atoms with E-state index in [4.69, 9.17) is 14.8 Å². The van der Waals surface area contributed by atoms with Crippen molar-refractivity contribution < 1.29 is 25.9 Å². The van der Waals surface area contributed by atoms with Gasteiger partial charge in [-0.25, -0.2) is 0 Å². The summed E-state index contributed by atoms with van der Waals surface area (Å²) in [4.78, 5) is -1.47. The van der Waals surface area contributed by atoms with Crippen LogP contribution in [0.1, 0.15) is 5.56 Å². The Hall–Kier alpha value is -2.34. The van der Waals surface area contributed by atoms with Gasteiger partial charge in [0, 0.05) is 5.69 Å². The Morgan fingerprint density at radius 2 is 1.42 bits per heavy atom. The summed E-state index contributed by atoms with van der Waals surface area (Å²) in [5.74, 6) is 0. The molecule has 0 fully saturated rings. The molecule has 0 heterocycles. The van der Waals surface area contributed by atoms with Crippen LogP contribution in [0, 0.1) is 6.92 Å². The van der Waals surface area contributed by atoms with E-state index >= 15 is 0 Å². The monoisotopic (exact) mass is 371 g/mol. The third-order valence-corrected chi connectivity index (χ3v) is 4.62. The van der Waals surface area contributed by atoms with E-state index in [2.05, 4.69) is 10.2 Å². The smallest absolute Gasteiger partial charge is 0.294 e. The van der Waals surface area contributed by atoms with Gasteiger partial charge in [-0.15, -0.1) is 0 Å². The van der Waals surface area contributed by atoms with Crippen LogP contribution in [-0.4, -0.2) is 25.9 Å². The second kappa shape index (κ2) is 6.28. The first-order valence-electron chi connectivity index (χ1n) is 6.35. The second-order valence-corrected chi connectivity index (χ2v) is 7.70. The van der Waals surface area contributed by atoms with Gasteiger partial charge in [0.05, 0.1) is 21.2 Å². The van der Waals surface area contributed by atoms with Crippen LogP contribution in [-0.2, 0) is 20.2 Å². The van der Waals surface area contributed by atoms with Crippen LogP contribution < -0.4 is 5.73 Å². The van der Waals surface area contributed by atoms with Gasteiger partial charge in [-0.3, -0.25) is 9.11 Å². The zero-order chi connectivity index (χ0) is 18.1. The molecule has 0 radical (unpaired) electrons. The highest BCUT2D eigenvalue weighted by Gasteiger charge is 2.18. The fourth-order valence-electron chi connectivity index (χ4n) is 1.81. The van der Waals surface area contributed by atoms with E-state index in [1.54, 1.807) is 25.1 Å². The molecule has 0 aliphatic carbocycles. The normalized spacial score (nSPS) is 12.6.